The minimum absolute atomic E-state index is 0.330. The zero-order valence-corrected chi connectivity index (χ0v) is 14.2. The average molecular weight is 416 g/mol. The molecular weight excluding hydrogens is 405 g/mol. The maximum Gasteiger partial charge on any atom is 0.134 e. The molecule has 2 aromatic carbocycles. The number of rotatable bonds is 2. The van der Waals surface area contributed by atoms with Crippen LogP contribution in [0.25, 0.3) is 11.0 Å². The number of furan rings is 1. The van der Waals surface area contributed by atoms with Gasteiger partial charge in [-0.2, -0.15) is 0 Å². The molecule has 2 N–H and O–H groups in total. The Hall–Kier alpha value is -0.810. The molecule has 0 saturated heterocycles. The van der Waals surface area contributed by atoms with E-state index in [-0.39, 0.29) is 6.04 Å². The molecule has 20 heavy (non-hydrogen) atoms. The number of nitrogens with two attached hydrogens (primary N) is 1. The summed E-state index contributed by atoms with van der Waals surface area (Å²) in [7, 11) is 0. The van der Waals surface area contributed by atoms with Crippen LogP contribution in [-0.4, -0.2) is 0 Å². The van der Waals surface area contributed by atoms with Crippen molar-refractivity contribution in [2.24, 2.45) is 5.73 Å². The first-order valence-corrected chi connectivity index (χ1v) is 7.90. The molecule has 1 aromatic heterocycles. The third-order valence-electron chi connectivity index (χ3n) is 3.10. The Morgan fingerprint density at radius 3 is 2.60 bits per heavy atom. The van der Waals surface area contributed by atoms with Crippen LogP contribution in [-0.2, 0) is 0 Å². The number of benzene rings is 2. The molecule has 1 unspecified atom stereocenters. The van der Waals surface area contributed by atoms with E-state index in [1.54, 1.807) is 6.07 Å². The maximum atomic E-state index is 6.30. The summed E-state index contributed by atoms with van der Waals surface area (Å²) in [5, 5.41) is 1.64. The van der Waals surface area contributed by atoms with E-state index in [0.717, 1.165) is 25.5 Å². The predicted octanol–water partition coefficient (Wildman–Crippen LogP) is 5.66. The van der Waals surface area contributed by atoms with Crippen molar-refractivity contribution in [1.29, 1.82) is 0 Å². The van der Waals surface area contributed by atoms with Crippen LogP contribution in [0, 0.1) is 0 Å². The van der Waals surface area contributed by atoms with E-state index in [4.69, 9.17) is 21.8 Å². The van der Waals surface area contributed by atoms with Gasteiger partial charge in [0, 0.05) is 19.4 Å². The van der Waals surface area contributed by atoms with Crippen LogP contribution in [0.5, 0.6) is 0 Å². The van der Waals surface area contributed by atoms with Crippen molar-refractivity contribution in [3.05, 3.63) is 67.8 Å². The van der Waals surface area contributed by atoms with Crippen LogP contribution in [0.2, 0.25) is 5.02 Å². The molecule has 0 amide bonds. The van der Waals surface area contributed by atoms with Crippen molar-refractivity contribution in [2.75, 3.05) is 0 Å². The van der Waals surface area contributed by atoms with Gasteiger partial charge in [0.2, 0.25) is 0 Å². The third-order valence-corrected chi connectivity index (χ3v) is 4.52. The van der Waals surface area contributed by atoms with Gasteiger partial charge in [-0.3, -0.25) is 0 Å². The Bertz CT molecular complexity index is 785. The van der Waals surface area contributed by atoms with Crippen LogP contribution in [0.1, 0.15) is 17.4 Å². The maximum absolute atomic E-state index is 6.30. The third kappa shape index (κ3) is 2.66. The van der Waals surface area contributed by atoms with Gasteiger partial charge in [-0.25, -0.2) is 0 Å². The van der Waals surface area contributed by atoms with Gasteiger partial charge in [0.25, 0.3) is 0 Å². The van der Waals surface area contributed by atoms with Crippen molar-refractivity contribution in [2.45, 2.75) is 6.04 Å². The first-order chi connectivity index (χ1) is 9.54. The van der Waals surface area contributed by atoms with Crippen LogP contribution in [0.3, 0.4) is 0 Å². The van der Waals surface area contributed by atoms with E-state index in [1.165, 1.54) is 0 Å². The Morgan fingerprint density at radius 1 is 1.05 bits per heavy atom. The molecule has 0 aliphatic heterocycles. The van der Waals surface area contributed by atoms with Crippen molar-refractivity contribution in [3.8, 4) is 0 Å². The predicted molar refractivity (Wildman–Crippen MR) is 89.1 cm³/mol. The molecule has 2 nitrogen and oxygen atoms in total. The van der Waals surface area contributed by atoms with Gasteiger partial charge in [-0.1, -0.05) is 49.5 Å². The number of fused-ring (bicyclic) bond motifs is 1. The highest BCUT2D eigenvalue weighted by Gasteiger charge is 2.17. The molecule has 1 heterocycles. The largest absolute Gasteiger partial charge is 0.459 e. The second-order valence-corrected chi connectivity index (χ2v) is 6.68. The normalized spacial score (nSPS) is 12.8. The molecule has 5 heteroatoms. The van der Waals surface area contributed by atoms with Gasteiger partial charge in [0.05, 0.1) is 6.04 Å². The molecule has 1 atom stereocenters. The topological polar surface area (TPSA) is 39.2 Å². The molecule has 0 saturated carbocycles. The highest BCUT2D eigenvalue weighted by molar-refractivity contribution is 9.11. The molecule has 0 radical (unpaired) electrons. The van der Waals surface area contributed by atoms with Crippen molar-refractivity contribution in [1.82, 2.24) is 0 Å². The molecule has 0 aliphatic carbocycles. The molecule has 0 aliphatic rings. The monoisotopic (exact) mass is 413 g/mol. The standard InChI is InChI=1S/C15H10Br2ClNO/c16-9-1-3-11(12(17)7-9)15(19)14-6-8-5-10(18)2-4-13(8)20-14/h1-7,15H,19H2. The summed E-state index contributed by atoms with van der Waals surface area (Å²) in [6, 6.07) is 13.0. The lowest BCUT2D eigenvalue weighted by Gasteiger charge is -2.11. The van der Waals surface area contributed by atoms with Gasteiger partial charge < -0.3 is 10.2 Å². The van der Waals surface area contributed by atoms with Crippen molar-refractivity contribution >= 4 is 54.4 Å². The zero-order chi connectivity index (χ0) is 14.3. The van der Waals surface area contributed by atoms with E-state index in [0.29, 0.717) is 10.8 Å². The molecule has 3 rings (SSSR count). The summed E-state index contributed by atoms with van der Waals surface area (Å²) >= 11 is 12.9. The van der Waals surface area contributed by atoms with Gasteiger partial charge in [-0.15, -0.1) is 0 Å². The van der Waals surface area contributed by atoms with Crippen LogP contribution < -0.4 is 5.73 Å². The van der Waals surface area contributed by atoms with Gasteiger partial charge in [0.1, 0.15) is 11.3 Å². The lowest BCUT2D eigenvalue weighted by atomic mass is 10.1. The van der Waals surface area contributed by atoms with Crippen molar-refractivity contribution in [3.63, 3.8) is 0 Å². The molecule has 0 spiro atoms. The van der Waals surface area contributed by atoms with Crippen LogP contribution >= 0.6 is 43.5 Å². The second-order valence-electron chi connectivity index (χ2n) is 4.47. The Labute approximate surface area is 138 Å². The summed E-state index contributed by atoms with van der Waals surface area (Å²) < 4.78 is 7.75. The fourth-order valence-corrected chi connectivity index (χ4v) is 3.57. The number of hydrogen-bond acceptors (Lipinski definition) is 2. The summed E-state index contributed by atoms with van der Waals surface area (Å²) in [5.74, 6) is 0.713. The van der Waals surface area contributed by atoms with E-state index >= 15 is 0 Å². The molecule has 0 fully saturated rings. The summed E-state index contributed by atoms with van der Waals surface area (Å²) in [6.07, 6.45) is 0. The van der Waals surface area contributed by atoms with E-state index in [9.17, 15) is 0 Å². The highest BCUT2D eigenvalue weighted by atomic mass is 79.9. The fraction of sp³-hybridized carbons (Fsp3) is 0.0667. The van der Waals surface area contributed by atoms with E-state index < -0.39 is 0 Å². The van der Waals surface area contributed by atoms with Gasteiger partial charge >= 0.3 is 0 Å². The molecular formula is C15H10Br2ClNO. The molecule has 0 bridgehead atoms. The Kier molecular flexibility index (Phi) is 3.91. The summed E-state index contributed by atoms with van der Waals surface area (Å²) in [4.78, 5) is 0. The van der Waals surface area contributed by atoms with Crippen LogP contribution in [0.15, 0.2) is 55.8 Å². The van der Waals surface area contributed by atoms with Crippen LogP contribution in [0.4, 0.5) is 0 Å². The molecule has 102 valence electrons. The molecule has 3 aromatic rings. The lowest BCUT2D eigenvalue weighted by molar-refractivity contribution is 0.524. The number of halogens is 3. The Morgan fingerprint density at radius 2 is 1.85 bits per heavy atom. The average Bonchev–Trinajstić information content (AvgIpc) is 2.81. The minimum atomic E-state index is -0.330. The van der Waals surface area contributed by atoms with Crippen molar-refractivity contribution < 1.29 is 4.42 Å². The van der Waals surface area contributed by atoms with E-state index in [1.807, 2.05) is 36.4 Å². The van der Waals surface area contributed by atoms with E-state index in [2.05, 4.69) is 31.9 Å². The summed E-state index contributed by atoms with van der Waals surface area (Å²) in [6.45, 7) is 0. The first kappa shape index (κ1) is 14.1. The lowest BCUT2D eigenvalue weighted by Crippen LogP contribution is -2.11. The SMILES string of the molecule is NC(c1cc2cc(Cl)ccc2o1)c1ccc(Br)cc1Br. The van der Waals surface area contributed by atoms with Gasteiger partial charge in [0.15, 0.2) is 0 Å². The zero-order valence-electron chi connectivity index (χ0n) is 10.2. The summed E-state index contributed by atoms with van der Waals surface area (Å²) in [5.41, 5.74) is 8.05. The number of hydrogen-bond donors (Lipinski definition) is 1. The van der Waals surface area contributed by atoms with Gasteiger partial charge in [-0.05, 0) is 42.0 Å². The smallest absolute Gasteiger partial charge is 0.134 e. The highest BCUT2D eigenvalue weighted by Crippen LogP contribution is 2.32. The second kappa shape index (κ2) is 5.53. The quantitative estimate of drug-likeness (QED) is 0.587. The minimum Gasteiger partial charge on any atom is -0.459 e. The first-order valence-electron chi connectivity index (χ1n) is 5.94. The fourth-order valence-electron chi connectivity index (χ4n) is 2.10. The Balaban J connectivity index is 2.05.